The van der Waals surface area contributed by atoms with Crippen LogP contribution in [0.5, 0.6) is 0 Å². The van der Waals surface area contributed by atoms with Crippen LogP contribution in [0.2, 0.25) is 0 Å². The number of aromatic amines is 1. The molecule has 0 radical (unpaired) electrons. The Hall–Kier alpha value is -1.89. The fourth-order valence-electron chi connectivity index (χ4n) is 3.26. The Morgan fingerprint density at radius 3 is 2.70 bits per heavy atom. The first-order valence-electron chi connectivity index (χ1n) is 6.93. The maximum Gasteiger partial charge on any atom is 0.321 e. The molecule has 0 saturated carbocycles. The lowest BCUT2D eigenvalue weighted by Gasteiger charge is -2.33. The number of nitrogens with one attached hydrogen (secondary N) is 2. The third-order valence-corrected chi connectivity index (χ3v) is 4.49. The van der Waals surface area contributed by atoms with Gasteiger partial charge in [-0.2, -0.15) is 0 Å². The molecule has 7 heteroatoms. The molecule has 2 fully saturated rings. The Bertz CT molecular complexity index is 533. The molecule has 0 unspecified atom stereocenters. The molecule has 108 valence electrons. The number of likely N-dealkylation sites (tertiary alicyclic amines) is 1. The van der Waals surface area contributed by atoms with E-state index in [1.807, 2.05) is 4.90 Å². The van der Waals surface area contributed by atoms with Crippen LogP contribution in [0, 0.1) is 15.5 Å². The van der Waals surface area contributed by atoms with Crippen molar-refractivity contribution in [2.45, 2.75) is 19.3 Å². The number of rotatable bonds is 2. The summed E-state index contributed by atoms with van der Waals surface area (Å²) in [6.45, 7) is 3.53. The summed E-state index contributed by atoms with van der Waals surface area (Å²) in [4.78, 5) is 26.9. The predicted octanol–water partition coefficient (Wildman–Crippen LogP) is 1.14. The van der Waals surface area contributed by atoms with E-state index in [-0.39, 0.29) is 17.1 Å². The van der Waals surface area contributed by atoms with Crippen molar-refractivity contribution in [3.05, 3.63) is 27.9 Å². The average molecular weight is 278 g/mol. The van der Waals surface area contributed by atoms with Gasteiger partial charge in [-0.05, 0) is 48.8 Å². The molecule has 1 aromatic rings. The van der Waals surface area contributed by atoms with Gasteiger partial charge in [0, 0.05) is 19.2 Å². The number of nitro groups is 1. The first-order chi connectivity index (χ1) is 9.60. The molecule has 0 atom stereocenters. The van der Waals surface area contributed by atoms with Gasteiger partial charge in [0.2, 0.25) is 0 Å². The second-order valence-corrected chi connectivity index (χ2v) is 5.74. The molecular formula is C13H18N4O3. The molecule has 1 amide bonds. The zero-order valence-electron chi connectivity index (χ0n) is 11.2. The second kappa shape index (κ2) is 4.90. The predicted molar refractivity (Wildman–Crippen MR) is 72.5 cm³/mol. The van der Waals surface area contributed by atoms with Crippen LogP contribution in [-0.2, 0) is 0 Å². The smallest absolute Gasteiger partial charge is 0.321 e. The van der Waals surface area contributed by atoms with Gasteiger partial charge in [-0.3, -0.25) is 4.79 Å². The number of hydrogen-bond acceptors (Lipinski definition) is 4. The number of piperidine rings is 1. The number of H-pyrrole nitrogens is 1. The van der Waals surface area contributed by atoms with E-state index in [2.05, 4.69) is 10.3 Å². The summed E-state index contributed by atoms with van der Waals surface area (Å²) in [6, 6.07) is 2.83. The van der Waals surface area contributed by atoms with E-state index in [0.717, 1.165) is 45.4 Å². The monoisotopic (exact) mass is 278 g/mol. The minimum absolute atomic E-state index is 0.131. The number of aromatic nitrogens is 1. The van der Waals surface area contributed by atoms with Gasteiger partial charge in [0.25, 0.3) is 5.91 Å². The third-order valence-electron chi connectivity index (χ3n) is 4.49. The van der Waals surface area contributed by atoms with Crippen molar-refractivity contribution >= 4 is 11.7 Å². The summed E-state index contributed by atoms with van der Waals surface area (Å²) in [5, 5.41) is 14.0. The maximum atomic E-state index is 12.4. The lowest BCUT2D eigenvalue weighted by atomic mass is 9.78. The largest absolute Gasteiger partial charge is 0.358 e. The van der Waals surface area contributed by atoms with Crippen LogP contribution >= 0.6 is 0 Å². The van der Waals surface area contributed by atoms with Crippen LogP contribution in [0.25, 0.3) is 0 Å². The van der Waals surface area contributed by atoms with Gasteiger partial charge < -0.3 is 20.3 Å². The number of hydrogen-bond donors (Lipinski definition) is 2. The molecule has 1 spiro atoms. The van der Waals surface area contributed by atoms with Crippen molar-refractivity contribution in [3.8, 4) is 0 Å². The van der Waals surface area contributed by atoms with Crippen molar-refractivity contribution < 1.29 is 9.72 Å². The molecule has 2 aliphatic heterocycles. The van der Waals surface area contributed by atoms with Gasteiger partial charge in [-0.1, -0.05) is 0 Å². The van der Waals surface area contributed by atoms with Crippen molar-refractivity contribution in [2.24, 2.45) is 5.41 Å². The van der Waals surface area contributed by atoms with Crippen molar-refractivity contribution in [2.75, 3.05) is 26.2 Å². The highest BCUT2D eigenvalue weighted by Crippen LogP contribution is 2.38. The molecule has 3 rings (SSSR count). The fourth-order valence-corrected chi connectivity index (χ4v) is 3.26. The number of nitrogens with zero attached hydrogens (tertiary/aromatic N) is 2. The van der Waals surface area contributed by atoms with Gasteiger partial charge in [0.05, 0.1) is 0 Å². The second-order valence-electron chi connectivity index (χ2n) is 5.74. The van der Waals surface area contributed by atoms with E-state index >= 15 is 0 Å². The van der Waals surface area contributed by atoms with Crippen molar-refractivity contribution in [1.29, 1.82) is 0 Å². The Kier molecular flexibility index (Phi) is 3.21. The molecule has 2 aliphatic rings. The molecule has 2 N–H and O–H groups in total. The Labute approximate surface area is 116 Å². The first kappa shape index (κ1) is 13.1. The minimum Gasteiger partial charge on any atom is -0.358 e. The van der Waals surface area contributed by atoms with Crippen LogP contribution < -0.4 is 5.32 Å². The standard InChI is InChI=1S/C13H18N4O3/c18-12(10-1-2-11(15-10)17(19)20)16-8-5-13(9-16)3-6-14-7-4-13/h1-2,14-15H,3-9H2. The van der Waals surface area contributed by atoms with E-state index in [9.17, 15) is 14.9 Å². The Morgan fingerprint density at radius 1 is 1.30 bits per heavy atom. The zero-order valence-corrected chi connectivity index (χ0v) is 11.2. The third kappa shape index (κ3) is 2.29. The Balaban J connectivity index is 1.70. The molecule has 20 heavy (non-hydrogen) atoms. The van der Waals surface area contributed by atoms with Crippen molar-refractivity contribution in [1.82, 2.24) is 15.2 Å². The summed E-state index contributed by atoms with van der Waals surface area (Å²) in [5.41, 5.74) is 0.557. The lowest BCUT2D eigenvalue weighted by Crippen LogP contribution is -2.39. The number of carbonyl (C=O) groups excluding carboxylic acids is 1. The molecule has 0 aliphatic carbocycles. The van der Waals surface area contributed by atoms with Crippen molar-refractivity contribution in [3.63, 3.8) is 0 Å². The van der Waals surface area contributed by atoms with Gasteiger partial charge >= 0.3 is 5.82 Å². The topological polar surface area (TPSA) is 91.3 Å². The number of amides is 1. The minimum atomic E-state index is -0.519. The lowest BCUT2D eigenvalue weighted by molar-refractivity contribution is -0.389. The molecule has 2 saturated heterocycles. The summed E-state index contributed by atoms with van der Waals surface area (Å²) >= 11 is 0. The van der Waals surface area contributed by atoms with Crippen LogP contribution in [0.4, 0.5) is 5.82 Å². The first-order valence-corrected chi connectivity index (χ1v) is 6.93. The molecular weight excluding hydrogens is 260 g/mol. The maximum absolute atomic E-state index is 12.4. The molecule has 0 aromatic carbocycles. The van der Waals surface area contributed by atoms with Crippen LogP contribution in [0.15, 0.2) is 12.1 Å². The quantitative estimate of drug-likeness (QED) is 0.627. The summed E-state index contributed by atoms with van der Waals surface area (Å²) in [6.07, 6.45) is 3.23. The summed E-state index contributed by atoms with van der Waals surface area (Å²) in [5.74, 6) is -0.266. The molecule has 1 aromatic heterocycles. The van der Waals surface area contributed by atoms with Crippen LogP contribution in [-0.4, -0.2) is 46.9 Å². The zero-order chi connectivity index (χ0) is 14.2. The van der Waals surface area contributed by atoms with E-state index < -0.39 is 4.92 Å². The molecule has 0 bridgehead atoms. The highest BCUT2D eigenvalue weighted by atomic mass is 16.6. The van der Waals surface area contributed by atoms with Gasteiger partial charge in [-0.25, -0.2) is 4.98 Å². The molecule has 7 nitrogen and oxygen atoms in total. The van der Waals surface area contributed by atoms with Gasteiger partial charge in [0.1, 0.15) is 0 Å². The van der Waals surface area contributed by atoms with E-state index in [0.29, 0.717) is 5.69 Å². The van der Waals surface area contributed by atoms with E-state index in [1.165, 1.54) is 12.1 Å². The SMILES string of the molecule is O=C(c1ccc([N+](=O)[O-])[nH]1)N1CCC2(CCNCC2)C1. The number of carbonyl (C=O) groups is 1. The fraction of sp³-hybridized carbons (Fsp3) is 0.615. The molecule has 3 heterocycles. The van der Waals surface area contributed by atoms with E-state index in [1.54, 1.807) is 0 Å². The summed E-state index contributed by atoms with van der Waals surface area (Å²) in [7, 11) is 0. The Morgan fingerprint density at radius 2 is 2.05 bits per heavy atom. The van der Waals surface area contributed by atoms with Crippen LogP contribution in [0.1, 0.15) is 29.8 Å². The summed E-state index contributed by atoms with van der Waals surface area (Å²) < 4.78 is 0. The normalized spacial score (nSPS) is 21.3. The highest BCUT2D eigenvalue weighted by Gasteiger charge is 2.41. The average Bonchev–Trinajstić information content (AvgIpc) is 3.07. The van der Waals surface area contributed by atoms with Gasteiger partial charge in [0.15, 0.2) is 5.69 Å². The van der Waals surface area contributed by atoms with Gasteiger partial charge in [-0.15, -0.1) is 0 Å². The van der Waals surface area contributed by atoms with Crippen LogP contribution in [0.3, 0.4) is 0 Å². The highest BCUT2D eigenvalue weighted by molar-refractivity contribution is 5.93. The van der Waals surface area contributed by atoms with E-state index in [4.69, 9.17) is 0 Å².